The molecule has 0 aliphatic heterocycles. The molecule has 6 nitrogen and oxygen atoms in total. The zero-order valence-corrected chi connectivity index (χ0v) is 38.2. The van der Waals surface area contributed by atoms with Crippen LogP contribution in [-0.4, -0.2) is 24.1 Å². The van der Waals surface area contributed by atoms with Crippen molar-refractivity contribution in [3.8, 4) is 56.7 Å². The van der Waals surface area contributed by atoms with E-state index in [4.69, 9.17) is 19.4 Å². The predicted molar refractivity (Wildman–Crippen MR) is 293 cm³/mol. The summed E-state index contributed by atoms with van der Waals surface area (Å²) >= 11 is 0. The van der Waals surface area contributed by atoms with Gasteiger partial charge in [0.25, 0.3) is 0 Å². The number of benzene rings is 11. The van der Waals surface area contributed by atoms with Crippen molar-refractivity contribution < 1.29 is 4.42 Å². The smallest absolute Gasteiger partial charge is 0.164 e. The van der Waals surface area contributed by atoms with Crippen molar-refractivity contribution in [2.75, 3.05) is 0 Å². The first-order valence-corrected chi connectivity index (χ1v) is 24.0. The molecule has 15 rings (SSSR count). The molecule has 0 saturated carbocycles. The number of fused-ring (bicyclic) bond motifs is 11. The van der Waals surface area contributed by atoms with Crippen LogP contribution in [0.25, 0.3) is 144 Å². The molecule has 0 N–H and O–H groups in total. The van der Waals surface area contributed by atoms with E-state index >= 15 is 0 Å². The lowest BCUT2D eigenvalue weighted by Crippen LogP contribution is -2.01. The Balaban J connectivity index is 0.985. The summed E-state index contributed by atoms with van der Waals surface area (Å²) in [6.07, 6.45) is 0. The first kappa shape index (κ1) is 39.4. The average molecular weight is 906 g/mol. The molecule has 0 aliphatic rings. The molecule has 11 aromatic carbocycles. The number of aromatic nitrogens is 5. The third kappa shape index (κ3) is 6.18. The minimum absolute atomic E-state index is 0.565. The van der Waals surface area contributed by atoms with Crippen LogP contribution in [0, 0.1) is 0 Å². The summed E-state index contributed by atoms with van der Waals surface area (Å²) in [5, 5.41) is 11.4. The van der Waals surface area contributed by atoms with Crippen molar-refractivity contribution in [1.29, 1.82) is 0 Å². The van der Waals surface area contributed by atoms with Gasteiger partial charge in [0.2, 0.25) is 0 Å². The van der Waals surface area contributed by atoms with Crippen LogP contribution in [-0.2, 0) is 0 Å². The van der Waals surface area contributed by atoms with Crippen molar-refractivity contribution in [1.82, 2.24) is 24.1 Å². The van der Waals surface area contributed by atoms with E-state index in [2.05, 4.69) is 240 Å². The van der Waals surface area contributed by atoms with E-state index < -0.39 is 0 Å². The molecule has 0 amide bonds. The van der Waals surface area contributed by atoms with Crippen LogP contribution < -0.4 is 0 Å². The quantitative estimate of drug-likeness (QED) is 0.167. The van der Waals surface area contributed by atoms with Crippen molar-refractivity contribution in [2.24, 2.45) is 0 Å². The Labute approximate surface area is 407 Å². The number of nitrogens with zero attached hydrogens (tertiary/aromatic N) is 5. The van der Waals surface area contributed by atoms with E-state index in [1.165, 1.54) is 26.9 Å². The molecule has 0 fully saturated rings. The highest BCUT2D eigenvalue weighted by atomic mass is 16.3. The molecule has 0 unspecified atom stereocenters. The van der Waals surface area contributed by atoms with Crippen molar-refractivity contribution >= 4 is 87.1 Å². The highest BCUT2D eigenvalue weighted by Gasteiger charge is 2.23. The molecule has 0 radical (unpaired) electrons. The first-order valence-electron chi connectivity index (χ1n) is 24.0. The molecule has 0 aliphatic carbocycles. The first-order chi connectivity index (χ1) is 35.2. The lowest BCUT2D eigenvalue weighted by atomic mass is 9.98. The summed E-state index contributed by atoms with van der Waals surface area (Å²) in [7, 11) is 0. The minimum atomic E-state index is 0.565. The summed E-state index contributed by atoms with van der Waals surface area (Å²) in [6, 6.07) is 83.9. The Bertz CT molecular complexity index is 4640. The van der Waals surface area contributed by atoms with Crippen molar-refractivity contribution in [3.63, 3.8) is 0 Å². The molecule has 71 heavy (non-hydrogen) atoms. The van der Waals surface area contributed by atoms with E-state index in [9.17, 15) is 0 Å². The Hall–Kier alpha value is -9.65. The normalized spacial score (nSPS) is 11.9. The van der Waals surface area contributed by atoms with Gasteiger partial charge in [-0.2, -0.15) is 0 Å². The van der Waals surface area contributed by atoms with Gasteiger partial charge in [0.15, 0.2) is 17.5 Å². The van der Waals surface area contributed by atoms with Gasteiger partial charge in [-0.25, -0.2) is 15.0 Å². The van der Waals surface area contributed by atoms with E-state index in [0.29, 0.717) is 17.5 Å². The molecule has 0 atom stereocenters. The van der Waals surface area contributed by atoms with Gasteiger partial charge in [-0.05, 0) is 87.8 Å². The second-order valence-electron chi connectivity index (χ2n) is 18.4. The Morgan fingerprint density at radius 2 is 0.873 bits per heavy atom. The number of rotatable bonds is 6. The van der Waals surface area contributed by atoms with E-state index in [1.54, 1.807) is 0 Å². The number of furan rings is 1. The molecule has 0 bridgehead atoms. The number of para-hydroxylation sites is 3. The molecule has 330 valence electrons. The van der Waals surface area contributed by atoms with E-state index in [0.717, 1.165) is 99.4 Å². The molecule has 0 saturated heterocycles. The molecule has 4 aromatic heterocycles. The Morgan fingerprint density at radius 1 is 0.296 bits per heavy atom. The fourth-order valence-corrected chi connectivity index (χ4v) is 11.0. The zero-order valence-electron chi connectivity index (χ0n) is 38.2. The van der Waals surface area contributed by atoms with Gasteiger partial charge >= 0.3 is 0 Å². The molecule has 6 heteroatoms. The lowest BCUT2D eigenvalue weighted by molar-refractivity contribution is 0.668. The average Bonchev–Trinajstić information content (AvgIpc) is 4.09. The standard InChI is InChI=1S/C65H39N5O/c1-3-17-41(18-4-1)52-38-54-61(39-59(52)70-56-28-14-12-25-49(56)53-35-43-20-9-10-21-44(43)36-58(53)70)71-60-29-15-26-51(62(54)60)65-67-63(45-31-30-40-16-7-8-19-42(40)34-45)66-64(68-65)46-32-33-50-48-24-11-13-27-55(48)69(57(50)37-46)47-22-5-2-6-23-47/h1-39H. The van der Waals surface area contributed by atoms with Crippen LogP contribution in [0.2, 0.25) is 0 Å². The largest absolute Gasteiger partial charge is 0.456 e. The molecule has 15 aromatic rings. The van der Waals surface area contributed by atoms with Crippen LogP contribution in [0.4, 0.5) is 0 Å². The highest BCUT2D eigenvalue weighted by molar-refractivity contribution is 6.17. The van der Waals surface area contributed by atoms with Gasteiger partial charge < -0.3 is 13.6 Å². The van der Waals surface area contributed by atoms with Gasteiger partial charge in [0, 0.05) is 66.3 Å². The second kappa shape index (κ2) is 15.4. The van der Waals surface area contributed by atoms with Gasteiger partial charge in [-0.3, -0.25) is 0 Å². The Kier molecular flexibility index (Phi) is 8.56. The molecule has 0 spiro atoms. The van der Waals surface area contributed by atoms with Crippen LogP contribution >= 0.6 is 0 Å². The van der Waals surface area contributed by atoms with Crippen LogP contribution in [0.1, 0.15) is 0 Å². The third-order valence-electron chi connectivity index (χ3n) is 14.3. The van der Waals surface area contributed by atoms with Crippen LogP contribution in [0.5, 0.6) is 0 Å². The molecular weight excluding hydrogens is 867 g/mol. The highest BCUT2D eigenvalue weighted by Crippen LogP contribution is 2.44. The fraction of sp³-hybridized carbons (Fsp3) is 0. The van der Waals surface area contributed by atoms with Crippen molar-refractivity contribution in [2.45, 2.75) is 0 Å². The van der Waals surface area contributed by atoms with Gasteiger partial charge in [-0.15, -0.1) is 0 Å². The predicted octanol–water partition coefficient (Wildman–Crippen LogP) is 16.9. The van der Waals surface area contributed by atoms with Gasteiger partial charge in [0.05, 0.1) is 27.8 Å². The number of hydrogen-bond acceptors (Lipinski definition) is 4. The Morgan fingerprint density at radius 3 is 1.65 bits per heavy atom. The topological polar surface area (TPSA) is 61.7 Å². The summed E-state index contributed by atoms with van der Waals surface area (Å²) in [5.41, 5.74) is 13.0. The van der Waals surface area contributed by atoms with Gasteiger partial charge in [-0.1, -0.05) is 170 Å². The molecule has 4 heterocycles. The minimum Gasteiger partial charge on any atom is -0.456 e. The summed E-state index contributed by atoms with van der Waals surface area (Å²) in [6.45, 7) is 0. The van der Waals surface area contributed by atoms with Gasteiger partial charge in [0.1, 0.15) is 11.2 Å². The third-order valence-corrected chi connectivity index (χ3v) is 14.3. The van der Waals surface area contributed by atoms with Crippen molar-refractivity contribution in [3.05, 3.63) is 237 Å². The summed E-state index contributed by atoms with van der Waals surface area (Å²) in [4.78, 5) is 16.1. The lowest BCUT2D eigenvalue weighted by Gasteiger charge is -2.15. The summed E-state index contributed by atoms with van der Waals surface area (Å²) in [5.74, 6) is 1.74. The second-order valence-corrected chi connectivity index (χ2v) is 18.4. The van der Waals surface area contributed by atoms with Crippen LogP contribution in [0.15, 0.2) is 241 Å². The number of hydrogen-bond donors (Lipinski definition) is 0. The molecular formula is C65H39N5O. The van der Waals surface area contributed by atoms with E-state index in [-0.39, 0.29) is 0 Å². The van der Waals surface area contributed by atoms with Crippen LogP contribution in [0.3, 0.4) is 0 Å². The SMILES string of the molecule is c1ccc(-c2cc3c(cc2-n2c4ccccc4c4cc5ccccc5cc42)oc2cccc(-c4nc(-c5ccc6ccccc6c5)nc(-c5ccc6c7ccccc7n(-c7ccccc7)c6c5)n4)c23)cc1. The van der Waals surface area contributed by atoms with E-state index in [1.807, 2.05) is 6.07 Å². The fourth-order valence-electron chi connectivity index (χ4n) is 11.0. The monoisotopic (exact) mass is 905 g/mol. The maximum Gasteiger partial charge on any atom is 0.164 e. The maximum atomic E-state index is 6.96. The summed E-state index contributed by atoms with van der Waals surface area (Å²) < 4.78 is 11.7. The maximum absolute atomic E-state index is 6.96. The zero-order chi connectivity index (χ0) is 46.6.